The summed E-state index contributed by atoms with van der Waals surface area (Å²) < 4.78 is 38.1. The van der Waals surface area contributed by atoms with Gasteiger partial charge in [-0.15, -0.1) is 0 Å². The van der Waals surface area contributed by atoms with Gasteiger partial charge >= 0.3 is 6.18 Å². The fraction of sp³-hybridized carbons (Fsp3) is 0.417. The monoisotopic (exact) mass is 372 g/mol. The van der Waals surface area contributed by atoms with Crippen molar-refractivity contribution in [2.45, 2.75) is 32.0 Å². The summed E-state index contributed by atoms with van der Waals surface area (Å²) in [6, 6.07) is 0. The zero-order valence-corrected chi connectivity index (χ0v) is 13.3. The smallest absolute Gasteiger partial charge is 0.310 e. The van der Waals surface area contributed by atoms with Gasteiger partial charge in [0.15, 0.2) is 5.15 Å². The van der Waals surface area contributed by atoms with Gasteiger partial charge in [0.05, 0.1) is 11.6 Å². The van der Waals surface area contributed by atoms with E-state index in [0.717, 1.165) is 0 Å². The van der Waals surface area contributed by atoms with E-state index in [0.29, 0.717) is 16.7 Å². The summed E-state index contributed by atoms with van der Waals surface area (Å²) in [7, 11) is 0. The van der Waals surface area contributed by atoms with Crippen molar-refractivity contribution in [1.82, 2.24) is 19.5 Å². The van der Waals surface area contributed by atoms with Crippen molar-refractivity contribution in [2.24, 2.45) is 0 Å². The number of hydrogen-bond donors (Lipinski definition) is 0. The van der Waals surface area contributed by atoms with E-state index in [4.69, 9.17) is 34.8 Å². The number of aromatic nitrogens is 4. The van der Waals surface area contributed by atoms with Crippen molar-refractivity contribution in [2.75, 3.05) is 0 Å². The Kier molecular flexibility index (Phi) is 5.52. The van der Waals surface area contributed by atoms with Crippen molar-refractivity contribution in [1.29, 1.82) is 0 Å². The lowest BCUT2D eigenvalue weighted by Crippen LogP contribution is -2.11. The molecule has 0 radical (unpaired) electrons. The second-order valence-electron chi connectivity index (χ2n) is 4.48. The van der Waals surface area contributed by atoms with E-state index < -0.39 is 12.6 Å². The van der Waals surface area contributed by atoms with Gasteiger partial charge in [0.1, 0.15) is 16.8 Å². The number of halogens is 6. The first-order chi connectivity index (χ1) is 10.3. The lowest BCUT2D eigenvalue weighted by Gasteiger charge is -2.09. The van der Waals surface area contributed by atoms with Gasteiger partial charge in [-0.3, -0.25) is 0 Å². The van der Waals surface area contributed by atoms with E-state index in [9.17, 15) is 13.2 Å². The Hall–Kier alpha value is -1.05. The number of nitrogens with zero attached hydrogens (tertiary/aromatic N) is 4. The highest BCUT2D eigenvalue weighted by Gasteiger charge is 2.26. The van der Waals surface area contributed by atoms with E-state index >= 15 is 0 Å². The minimum absolute atomic E-state index is 0.0395. The lowest BCUT2D eigenvalue weighted by molar-refractivity contribution is -0.135. The molecule has 0 bridgehead atoms. The van der Waals surface area contributed by atoms with Crippen LogP contribution in [0.2, 0.25) is 15.3 Å². The molecule has 0 unspecified atom stereocenters. The van der Waals surface area contributed by atoms with Gasteiger partial charge in [0.25, 0.3) is 0 Å². The second kappa shape index (κ2) is 7.02. The molecule has 22 heavy (non-hydrogen) atoms. The van der Waals surface area contributed by atoms with Crippen molar-refractivity contribution in [3.05, 3.63) is 39.4 Å². The fourth-order valence-electron chi connectivity index (χ4n) is 1.81. The number of hydrogen-bond acceptors (Lipinski definition) is 3. The van der Waals surface area contributed by atoms with E-state index in [-0.39, 0.29) is 29.7 Å². The molecule has 0 spiro atoms. The molecule has 2 heterocycles. The van der Waals surface area contributed by atoms with Crippen LogP contribution in [0.25, 0.3) is 0 Å². The molecule has 2 aromatic heterocycles. The Balaban J connectivity index is 2.14. The number of rotatable bonds is 5. The predicted octanol–water partition coefficient (Wildman–Crippen LogP) is 4.57. The van der Waals surface area contributed by atoms with E-state index in [1.165, 1.54) is 17.0 Å². The Morgan fingerprint density at radius 3 is 2.32 bits per heavy atom. The van der Waals surface area contributed by atoms with Gasteiger partial charge < -0.3 is 4.57 Å². The summed E-state index contributed by atoms with van der Waals surface area (Å²) in [6.07, 6.45) is -2.27. The fourth-order valence-corrected chi connectivity index (χ4v) is 2.30. The van der Waals surface area contributed by atoms with E-state index in [1.807, 2.05) is 0 Å². The maximum absolute atomic E-state index is 12.2. The Labute approximate surface area is 139 Å². The molecular formula is C12H10Cl3F3N4. The quantitative estimate of drug-likeness (QED) is 0.771. The SMILES string of the molecule is FC(F)(F)CCCc1nc(Cl)c(Cl)n1Cc1ncc(Cl)cn1. The van der Waals surface area contributed by atoms with Crippen molar-refractivity contribution < 1.29 is 13.2 Å². The largest absolute Gasteiger partial charge is 0.389 e. The average Bonchev–Trinajstić information content (AvgIpc) is 2.68. The van der Waals surface area contributed by atoms with Crippen LogP contribution in [0, 0.1) is 0 Å². The van der Waals surface area contributed by atoms with Gasteiger partial charge in [-0.2, -0.15) is 13.2 Å². The molecule has 0 amide bonds. The zero-order valence-electron chi connectivity index (χ0n) is 11.0. The van der Waals surface area contributed by atoms with Crippen LogP contribution in [-0.2, 0) is 13.0 Å². The summed E-state index contributed by atoms with van der Waals surface area (Å²) in [5.41, 5.74) is 0. The highest BCUT2D eigenvalue weighted by Crippen LogP contribution is 2.26. The van der Waals surface area contributed by atoms with Gasteiger partial charge in [-0.25, -0.2) is 15.0 Å². The topological polar surface area (TPSA) is 43.6 Å². The Morgan fingerprint density at radius 1 is 1.09 bits per heavy atom. The van der Waals surface area contributed by atoms with Crippen molar-refractivity contribution in [3.63, 3.8) is 0 Å². The molecule has 0 aliphatic heterocycles. The van der Waals surface area contributed by atoms with Crippen molar-refractivity contribution in [3.8, 4) is 0 Å². The molecule has 0 N–H and O–H groups in total. The molecule has 2 aromatic rings. The normalized spacial score (nSPS) is 11.9. The summed E-state index contributed by atoms with van der Waals surface area (Å²) in [4.78, 5) is 12.0. The van der Waals surface area contributed by atoms with Crippen LogP contribution < -0.4 is 0 Å². The summed E-state index contributed by atoms with van der Waals surface area (Å²) in [5.74, 6) is 0.759. The molecule has 0 aromatic carbocycles. The minimum Gasteiger partial charge on any atom is -0.310 e. The molecule has 0 atom stereocenters. The molecule has 0 aliphatic carbocycles. The highest BCUT2D eigenvalue weighted by atomic mass is 35.5. The van der Waals surface area contributed by atoms with Crippen LogP contribution >= 0.6 is 34.8 Å². The molecular weight excluding hydrogens is 364 g/mol. The maximum Gasteiger partial charge on any atom is 0.389 e. The Morgan fingerprint density at radius 2 is 1.73 bits per heavy atom. The predicted molar refractivity (Wildman–Crippen MR) is 77.4 cm³/mol. The molecule has 2 rings (SSSR count). The summed E-state index contributed by atoms with van der Waals surface area (Å²) >= 11 is 17.6. The molecule has 10 heteroatoms. The molecule has 4 nitrogen and oxygen atoms in total. The number of aryl methyl sites for hydroxylation is 1. The third-order valence-corrected chi connectivity index (χ3v) is 3.72. The van der Waals surface area contributed by atoms with Crippen LogP contribution in [0.4, 0.5) is 13.2 Å². The maximum atomic E-state index is 12.2. The average molecular weight is 374 g/mol. The summed E-state index contributed by atoms with van der Waals surface area (Å²) in [5, 5.41) is 0.559. The standard InChI is InChI=1S/C12H10Cl3F3N4/c13-7-4-19-8(20-5-7)6-22-9(21-10(14)11(22)15)2-1-3-12(16,17)18/h4-5H,1-3,6H2. The lowest BCUT2D eigenvalue weighted by atomic mass is 10.2. The van der Waals surface area contributed by atoms with Gasteiger partial charge in [0, 0.05) is 25.2 Å². The van der Waals surface area contributed by atoms with Crippen LogP contribution in [0.3, 0.4) is 0 Å². The van der Waals surface area contributed by atoms with Crippen LogP contribution in [0.1, 0.15) is 24.5 Å². The highest BCUT2D eigenvalue weighted by molar-refractivity contribution is 6.40. The molecule has 0 saturated carbocycles. The van der Waals surface area contributed by atoms with Crippen molar-refractivity contribution >= 4 is 34.8 Å². The first-order valence-corrected chi connectivity index (χ1v) is 7.33. The third-order valence-electron chi connectivity index (χ3n) is 2.78. The first-order valence-electron chi connectivity index (χ1n) is 6.20. The number of alkyl halides is 3. The molecule has 0 fully saturated rings. The molecule has 0 saturated heterocycles. The summed E-state index contributed by atoms with van der Waals surface area (Å²) in [6.45, 7) is 0.150. The minimum atomic E-state index is -4.20. The number of imidazole rings is 1. The third kappa shape index (κ3) is 4.72. The van der Waals surface area contributed by atoms with Crippen LogP contribution in [0.15, 0.2) is 12.4 Å². The van der Waals surface area contributed by atoms with Gasteiger partial charge in [-0.1, -0.05) is 34.8 Å². The first kappa shape index (κ1) is 17.3. The van der Waals surface area contributed by atoms with Crippen LogP contribution in [-0.4, -0.2) is 25.7 Å². The van der Waals surface area contributed by atoms with Crippen LogP contribution in [0.5, 0.6) is 0 Å². The Bertz CT molecular complexity index is 640. The van der Waals surface area contributed by atoms with E-state index in [1.54, 1.807) is 0 Å². The van der Waals surface area contributed by atoms with Gasteiger partial charge in [-0.05, 0) is 6.42 Å². The van der Waals surface area contributed by atoms with E-state index in [2.05, 4.69) is 15.0 Å². The zero-order chi connectivity index (χ0) is 16.3. The molecule has 120 valence electrons. The second-order valence-corrected chi connectivity index (χ2v) is 5.63. The molecule has 0 aliphatic rings. The van der Waals surface area contributed by atoms with Gasteiger partial charge in [0.2, 0.25) is 0 Å².